The standard InChI is InChI=1S/C13H12FN3O4/c1-8-5-10(15-21-8)7-16(2)13(18)9-3-4-12(17(19)20)11(14)6-9/h3-6H,7H2,1-2H3. The first-order valence-corrected chi connectivity index (χ1v) is 6.00. The second-order valence-corrected chi connectivity index (χ2v) is 4.51. The van der Waals surface area contributed by atoms with E-state index in [4.69, 9.17) is 4.52 Å². The molecule has 0 N–H and O–H groups in total. The number of rotatable bonds is 4. The molecule has 1 aromatic carbocycles. The van der Waals surface area contributed by atoms with Crippen LogP contribution in [0.1, 0.15) is 21.8 Å². The van der Waals surface area contributed by atoms with Crippen molar-refractivity contribution in [2.75, 3.05) is 7.05 Å². The number of hydrogen-bond acceptors (Lipinski definition) is 5. The van der Waals surface area contributed by atoms with E-state index in [2.05, 4.69) is 5.16 Å². The predicted molar refractivity (Wildman–Crippen MR) is 70.1 cm³/mol. The molecular weight excluding hydrogens is 281 g/mol. The molecule has 1 amide bonds. The molecule has 0 saturated heterocycles. The Morgan fingerprint density at radius 3 is 2.71 bits per heavy atom. The van der Waals surface area contributed by atoms with E-state index >= 15 is 0 Å². The SMILES string of the molecule is Cc1cc(CN(C)C(=O)c2ccc([N+](=O)[O-])c(F)c2)no1. The molecule has 2 rings (SSSR count). The summed E-state index contributed by atoms with van der Waals surface area (Å²) < 4.78 is 18.4. The van der Waals surface area contributed by atoms with Crippen molar-refractivity contribution < 1.29 is 18.6 Å². The highest BCUT2D eigenvalue weighted by Gasteiger charge is 2.19. The highest BCUT2D eigenvalue weighted by Crippen LogP contribution is 2.19. The van der Waals surface area contributed by atoms with Crippen molar-refractivity contribution in [1.82, 2.24) is 10.1 Å². The summed E-state index contributed by atoms with van der Waals surface area (Å²) in [6.45, 7) is 1.92. The minimum absolute atomic E-state index is 0.0285. The third kappa shape index (κ3) is 3.22. The number of nitro benzene ring substituents is 1. The normalized spacial score (nSPS) is 10.4. The van der Waals surface area contributed by atoms with Crippen LogP contribution in [-0.4, -0.2) is 27.9 Å². The molecule has 0 aliphatic rings. The Morgan fingerprint density at radius 1 is 1.48 bits per heavy atom. The Bertz CT molecular complexity index is 698. The molecule has 0 saturated carbocycles. The number of aromatic nitrogens is 1. The van der Waals surface area contributed by atoms with E-state index in [9.17, 15) is 19.3 Å². The van der Waals surface area contributed by atoms with E-state index in [1.807, 2.05) is 0 Å². The maximum Gasteiger partial charge on any atom is 0.304 e. The Morgan fingerprint density at radius 2 is 2.19 bits per heavy atom. The van der Waals surface area contributed by atoms with Gasteiger partial charge in [0.05, 0.1) is 11.5 Å². The molecule has 0 spiro atoms. The average Bonchev–Trinajstić information content (AvgIpc) is 2.82. The molecule has 0 bridgehead atoms. The summed E-state index contributed by atoms with van der Waals surface area (Å²) in [4.78, 5) is 23.1. The van der Waals surface area contributed by atoms with Crippen molar-refractivity contribution in [2.24, 2.45) is 0 Å². The number of nitrogens with zero attached hydrogens (tertiary/aromatic N) is 3. The van der Waals surface area contributed by atoms with Gasteiger partial charge in [0.2, 0.25) is 5.82 Å². The summed E-state index contributed by atoms with van der Waals surface area (Å²) in [7, 11) is 1.52. The molecule has 0 radical (unpaired) electrons. The van der Waals surface area contributed by atoms with Crippen LogP contribution < -0.4 is 0 Å². The second-order valence-electron chi connectivity index (χ2n) is 4.51. The Kier molecular flexibility index (Phi) is 3.97. The average molecular weight is 293 g/mol. The lowest BCUT2D eigenvalue weighted by molar-refractivity contribution is -0.387. The Balaban J connectivity index is 2.15. The molecule has 21 heavy (non-hydrogen) atoms. The molecule has 0 unspecified atom stereocenters. The summed E-state index contributed by atoms with van der Waals surface area (Å²) in [5.41, 5.74) is -0.0760. The van der Waals surface area contributed by atoms with Gasteiger partial charge in [-0.3, -0.25) is 14.9 Å². The lowest BCUT2D eigenvalue weighted by atomic mass is 10.1. The van der Waals surface area contributed by atoms with E-state index in [-0.39, 0.29) is 12.1 Å². The number of carbonyl (C=O) groups excluding carboxylic acids is 1. The Labute approximate surface area is 119 Å². The minimum atomic E-state index is -1.04. The first-order chi connectivity index (χ1) is 9.88. The number of amides is 1. The van der Waals surface area contributed by atoms with Crippen LogP contribution in [0.4, 0.5) is 10.1 Å². The van der Waals surface area contributed by atoms with Crippen molar-refractivity contribution >= 4 is 11.6 Å². The van der Waals surface area contributed by atoms with Gasteiger partial charge in [0.25, 0.3) is 5.91 Å². The minimum Gasteiger partial charge on any atom is -0.361 e. The number of halogens is 1. The summed E-state index contributed by atoms with van der Waals surface area (Å²) in [5, 5.41) is 14.3. The van der Waals surface area contributed by atoms with Crippen molar-refractivity contribution in [2.45, 2.75) is 13.5 Å². The van der Waals surface area contributed by atoms with E-state index in [1.54, 1.807) is 13.0 Å². The number of carbonyl (C=O) groups is 1. The highest BCUT2D eigenvalue weighted by molar-refractivity contribution is 5.94. The molecule has 0 fully saturated rings. The van der Waals surface area contributed by atoms with Crippen LogP contribution >= 0.6 is 0 Å². The predicted octanol–water partition coefficient (Wildman–Crippen LogP) is 2.30. The maximum atomic E-state index is 13.5. The smallest absolute Gasteiger partial charge is 0.304 e. The van der Waals surface area contributed by atoms with Crippen LogP contribution in [0, 0.1) is 22.9 Å². The van der Waals surface area contributed by atoms with Crippen molar-refractivity contribution in [3.05, 3.63) is 57.2 Å². The van der Waals surface area contributed by atoms with Crippen LogP contribution in [0.15, 0.2) is 28.8 Å². The van der Waals surface area contributed by atoms with E-state index in [1.165, 1.54) is 18.0 Å². The maximum absolute atomic E-state index is 13.5. The van der Waals surface area contributed by atoms with Gasteiger partial charge in [0.15, 0.2) is 0 Å². The van der Waals surface area contributed by atoms with Gasteiger partial charge in [-0.2, -0.15) is 4.39 Å². The van der Waals surface area contributed by atoms with Crippen LogP contribution in [0.3, 0.4) is 0 Å². The summed E-state index contributed by atoms with van der Waals surface area (Å²) in [6, 6.07) is 4.72. The monoisotopic (exact) mass is 293 g/mol. The number of aryl methyl sites for hydroxylation is 1. The van der Waals surface area contributed by atoms with Crippen LogP contribution in [0.5, 0.6) is 0 Å². The van der Waals surface area contributed by atoms with Gasteiger partial charge in [-0.1, -0.05) is 5.16 Å². The molecule has 1 aromatic heterocycles. The summed E-state index contributed by atoms with van der Waals surface area (Å²) >= 11 is 0. The lowest BCUT2D eigenvalue weighted by Crippen LogP contribution is -2.26. The zero-order chi connectivity index (χ0) is 15.6. The molecular formula is C13H12FN3O4. The quantitative estimate of drug-likeness (QED) is 0.637. The molecule has 0 atom stereocenters. The molecule has 1 heterocycles. The van der Waals surface area contributed by atoms with E-state index in [0.717, 1.165) is 12.1 Å². The molecule has 7 nitrogen and oxygen atoms in total. The fourth-order valence-electron chi connectivity index (χ4n) is 1.82. The second kappa shape index (κ2) is 5.70. The van der Waals surface area contributed by atoms with Gasteiger partial charge >= 0.3 is 5.69 Å². The summed E-state index contributed by atoms with van der Waals surface area (Å²) in [5.74, 6) is -0.895. The lowest BCUT2D eigenvalue weighted by Gasteiger charge is -2.15. The van der Waals surface area contributed by atoms with Crippen LogP contribution in [0.2, 0.25) is 0 Å². The van der Waals surface area contributed by atoms with Crippen LogP contribution in [-0.2, 0) is 6.54 Å². The van der Waals surface area contributed by atoms with Gasteiger partial charge < -0.3 is 9.42 Å². The van der Waals surface area contributed by atoms with E-state index < -0.39 is 22.3 Å². The zero-order valence-corrected chi connectivity index (χ0v) is 11.4. The molecule has 0 aliphatic carbocycles. The fraction of sp³-hybridized carbons (Fsp3) is 0.231. The molecule has 0 aliphatic heterocycles. The fourth-order valence-corrected chi connectivity index (χ4v) is 1.82. The van der Waals surface area contributed by atoms with Gasteiger partial charge in [0.1, 0.15) is 11.5 Å². The van der Waals surface area contributed by atoms with Crippen molar-refractivity contribution in [3.8, 4) is 0 Å². The van der Waals surface area contributed by atoms with Crippen LogP contribution in [0.25, 0.3) is 0 Å². The Hall–Kier alpha value is -2.77. The molecule has 8 heteroatoms. The highest BCUT2D eigenvalue weighted by atomic mass is 19.1. The van der Waals surface area contributed by atoms with Gasteiger partial charge in [-0.25, -0.2) is 0 Å². The largest absolute Gasteiger partial charge is 0.361 e. The first kappa shape index (κ1) is 14.6. The van der Waals surface area contributed by atoms with Gasteiger partial charge in [-0.05, 0) is 19.1 Å². The number of hydrogen-bond donors (Lipinski definition) is 0. The number of nitro groups is 1. The summed E-state index contributed by atoms with van der Waals surface area (Å²) in [6.07, 6.45) is 0. The molecule has 110 valence electrons. The van der Waals surface area contributed by atoms with E-state index in [0.29, 0.717) is 11.5 Å². The third-order valence-corrected chi connectivity index (χ3v) is 2.81. The topological polar surface area (TPSA) is 89.5 Å². The van der Waals surface area contributed by atoms with Crippen molar-refractivity contribution in [1.29, 1.82) is 0 Å². The zero-order valence-electron chi connectivity index (χ0n) is 11.4. The first-order valence-electron chi connectivity index (χ1n) is 6.00. The van der Waals surface area contributed by atoms with Gasteiger partial charge in [-0.15, -0.1) is 0 Å². The third-order valence-electron chi connectivity index (χ3n) is 2.81. The molecule has 2 aromatic rings. The number of benzene rings is 1. The van der Waals surface area contributed by atoms with Crippen molar-refractivity contribution in [3.63, 3.8) is 0 Å². The van der Waals surface area contributed by atoms with Gasteiger partial charge in [0, 0.05) is 24.7 Å².